The van der Waals surface area contributed by atoms with Crippen LogP contribution in [0.15, 0.2) is 29.2 Å². The molecule has 0 bridgehead atoms. The lowest BCUT2D eigenvalue weighted by Crippen LogP contribution is -2.40. The molecule has 0 aromatic heterocycles. The van der Waals surface area contributed by atoms with E-state index in [1.165, 1.54) is 12.8 Å². The van der Waals surface area contributed by atoms with Crippen LogP contribution in [0.1, 0.15) is 51.5 Å². The maximum Gasteiger partial charge on any atom is 0.227 e. The molecular formula is C18H27NO3S. The molecule has 1 aromatic rings. The van der Waals surface area contributed by atoms with Crippen LogP contribution in [0, 0.1) is 0 Å². The van der Waals surface area contributed by atoms with Crippen molar-refractivity contribution in [1.82, 2.24) is 4.90 Å². The first-order chi connectivity index (χ1) is 11.0. The molecule has 0 aliphatic carbocycles. The highest BCUT2D eigenvalue weighted by Crippen LogP contribution is 2.21. The summed E-state index contributed by atoms with van der Waals surface area (Å²) in [6, 6.07) is 7.15. The van der Waals surface area contributed by atoms with Crippen LogP contribution in [0.25, 0.3) is 0 Å². The molecule has 1 heterocycles. The monoisotopic (exact) mass is 337 g/mol. The first kappa shape index (κ1) is 18.0. The van der Waals surface area contributed by atoms with Crippen molar-refractivity contribution in [2.75, 3.05) is 12.3 Å². The Kier molecular flexibility index (Phi) is 6.22. The van der Waals surface area contributed by atoms with Crippen LogP contribution in [0.2, 0.25) is 0 Å². The Labute approximate surface area is 139 Å². The van der Waals surface area contributed by atoms with Gasteiger partial charge in [-0.3, -0.25) is 4.79 Å². The Morgan fingerprint density at radius 2 is 2.00 bits per heavy atom. The minimum absolute atomic E-state index is 0.0778. The van der Waals surface area contributed by atoms with E-state index in [2.05, 4.69) is 6.92 Å². The normalized spacial score (nSPS) is 19.4. The quantitative estimate of drug-likeness (QED) is 0.829. The number of sulfone groups is 1. The van der Waals surface area contributed by atoms with E-state index in [1.54, 1.807) is 25.1 Å². The molecule has 0 saturated carbocycles. The number of nitrogens with zero attached hydrogens (tertiary/aromatic N) is 1. The Balaban J connectivity index is 2.14. The lowest BCUT2D eigenvalue weighted by atomic mass is 10.1. The van der Waals surface area contributed by atoms with Gasteiger partial charge >= 0.3 is 0 Å². The van der Waals surface area contributed by atoms with Crippen molar-refractivity contribution < 1.29 is 13.2 Å². The van der Waals surface area contributed by atoms with Crippen LogP contribution in [0.4, 0.5) is 0 Å². The Hall–Kier alpha value is -1.36. The van der Waals surface area contributed by atoms with Crippen LogP contribution >= 0.6 is 0 Å². The molecule has 1 aliphatic heterocycles. The Morgan fingerprint density at radius 3 is 2.70 bits per heavy atom. The number of amides is 1. The minimum Gasteiger partial charge on any atom is -0.339 e. The van der Waals surface area contributed by atoms with Gasteiger partial charge in [0.1, 0.15) is 0 Å². The number of hydrogen-bond donors (Lipinski definition) is 0. The molecule has 1 atom stereocenters. The van der Waals surface area contributed by atoms with Crippen LogP contribution in [0.3, 0.4) is 0 Å². The van der Waals surface area contributed by atoms with Gasteiger partial charge in [-0.05, 0) is 37.0 Å². The van der Waals surface area contributed by atoms with Gasteiger partial charge in [0.05, 0.1) is 17.1 Å². The van der Waals surface area contributed by atoms with Crippen LogP contribution in [-0.2, 0) is 21.1 Å². The Bertz CT molecular complexity index is 639. The molecule has 0 unspecified atom stereocenters. The van der Waals surface area contributed by atoms with Gasteiger partial charge in [0.25, 0.3) is 0 Å². The van der Waals surface area contributed by atoms with E-state index in [0.29, 0.717) is 10.9 Å². The van der Waals surface area contributed by atoms with E-state index in [4.69, 9.17) is 0 Å². The summed E-state index contributed by atoms with van der Waals surface area (Å²) < 4.78 is 24.0. The summed E-state index contributed by atoms with van der Waals surface area (Å²) in [5, 5.41) is 0. The molecule has 0 spiro atoms. The second-order valence-electron chi connectivity index (χ2n) is 6.23. The standard InChI is InChI=1S/C18H27NO3S/c1-3-16-10-6-5-7-12-19(16)18(20)14-15-9-8-11-17(13-15)23(21,22)4-2/h8-9,11,13,16H,3-7,10,12,14H2,1-2H3/t16-/m0/s1. The predicted octanol–water partition coefficient (Wildman–Crippen LogP) is 3.20. The average Bonchev–Trinajstić information content (AvgIpc) is 2.80. The minimum atomic E-state index is -3.23. The molecule has 23 heavy (non-hydrogen) atoms. The summed E-state index contributed by atoms with van der Waals surface area (Å²) in [4.78, 5) is 15.0. The van der Waals surface area contributed by atoms with Crippen LogP contribution < -0.4 is 0 Å². The average molecular weight is 337 g/mol. The highest BCUT2D eigenvalue weighted by molar-refractivity contribution is 7.91. The number of carbonyl (C=O) groups is 1. The summed E-state index contributed by atoms with van der Waals surface area (Å²) in [7, 11) is -3.23. The first-order valence-electron chi connectivity index (χ1n) is 8.59. The number of carbonyl (C=O) groups excluding carboxylic acids is 1. The first-order valence-corrected chi connectivity index (χ1v) is 10.2. The van der Waals surface area contributed by atoms with Gasteiger partial charge in [-0.1, -0.05) is 38.8 Å². The van der Waals surface area contributed by atoms with Gasteiger partial charge < -0.3 is 4.90 Å². The molecule has 0 N–H and O–H groups in total. The molecule has 1 amide bonds. The van der Waals surface area contributed by atoms with Crippen molar-refractivity contribution in [1.29, 1.82) is 0 Å². The lowest BCUT2D eigenvalue weighted by Gasteiger charge is -2.29. The van der Waals surface area contributed by atoms with Crippen molar-refractivity contribution in [2.45, 2.75) is 63.3 Å². The fourth-order valence-corrected chi connectivity index (χ4v) is 4.17. The molecule has 1 fully saturated rings. The van der Waals surface area contributed by atoms with Crippen LogP contribution in [0.5, 0.6) is 0 Å². The third-order valence-electron chi connectivity index (χ3n) is 4.66. The second-order valence-corrected chi connectivity index (χ2v) is 8.50. The van der Waals surface area contributed by atoms with Crippen LogP contribution in [-0.4, -0.2) is 37.6 Å². The molecule has 0 radical (unpaired) electrons. The predicted molar refractivity (Wildman–Crippen MR) is 92.1 cm³/mol. The smallest absolute Gasteiger partial charge is 0.227 e. The number of likely N-dealkylation sites (tertiary alicyclic amines) is 1. The van der Waals surface area contributed by atoms with E-state index in [0.717, 1.165) is 31.4 Å². The maximum absolute atomic E-state index is 12.7. The molecule has 5 heteroatoms. The summed E-state index contributed by atoms with van der Waals surface area (Å²) in [6.45, 7) is 4.59. The highest BCUT2D eigenvalue weighted by Gasteiger charge is 2.24. The van der Waals surface area contributed by atoms with Crippen molar-refractivity contribution in [3.05, 3.63) is 29.8 Å². The van der Waals surface area contributed by atoms with Gasteiger partial charge in [0.15, 0.2) is 9.84 Å². The molecule has 2 rings (SSSR count). The van der Waals surface area contributed by atoms with Gasteiger partial charge in [-0.2, -0.15) is 0 Å². The van der Waals surface area contributed by atoms with Crippen molar-refractivity contribution in [2.24, 2.45) is 0 Å². The molecule has 4 nitrogen and oxygen atoms in total. The molecule has 1 aliphatic rings. The number of benzene rings is 1. The van der Waals surface area contributed by atoms with E-state index >= 15 is 0 Å². The van der Waals surface area contributed by atoms with E-state index in [-0.39, 0.29) is 18.1 Å². The zero-order valence-electron chi connectivity index (χ0n) is 14.1. The van der Waals surface area contributed by atoms with Crippen molar-refractivity contribution in [3.8, 4) is 0 Å². The topological polar surface area (TPSA) is 54.5 Å². The third-order valence-corrected chi connectivity index (χ3v) is 6.39. The van der Waals surface area contributed by atoms with E-state index < -0.39 is 9.84 Å². The maximum atomic E-state index is 12.7. The fourth-order valence-electron chi connectivity index (χ4n) is 3.22. The zero-order valence-corrected chi connectivity index (χ0v) is 14.9. The van der Waals surface area contributed by atoms with Gasteiger partial charge in [0.2, 0.25) is 5.91 Å². The number of rotatable bonds is 5. The SMILES string of the molecule is CC[C@H]1CCCCCN1C(=O)Cc1cccc(S(=O)(=O)CC)c1. The molecule has 128 valence electrons. The zero-order chi connectivity index (χ0) is 16.9. The Morgan fingerprint density at radius 1 is 1.22 bits per heavy atom. The largest absolute Gasteiger partial charge is 0.339 e. The number of hydrogen-bond acceptors (Lipinski definition) is 3. The third kappa shape index (κ3) is 4.56. The molecular weight excluding hydrogens is 310 g/mol. The van der Waals surface area contributed by atoms with Gasteiger partial charge in [0, 0.05) is 12.6 Å². The van der Waals surface area contributed by atoms with Gasteiger partial charge in [-0.25, -0.2) is 8.42 Å². The summed E-state index contributed by atoms with van der Waals surface area (Å²) in [5.41, 5.74) is 0.781. The highest BCUT2D eigenvalue weighted by atomic mass is 32.2. The lowest BCUT2D eigenvalue weighted by molar-refractivity contribution is -0.132. The molecule has 1 saturated heterocycles. The fraction of sp³-hybridized carbons (Fsp3) is 0.611. The van der Waals surface area contributed by atoms with Crippen molar-refractivity contribution in [3.63, 3.8) is 0 Å². The van der Waals surface area contributed by atoms with E-state index in [1.807, 2.05) is 11.0 Å². The molecule has 1 aromatic carbocycles. The summed E-state index contributed by atoms with van der Waals surface area (Å²) in [6.07, 6.45) is 5.77. The van der Waals surface area contributed by atoms with Gasteiger partial charge in [-0.15, -0.1) is 0 Å². The summed E-state index contributed by atoms with van der Waals surface area (Å²) in [5.74, 6) is 0.193. The second kappa shape index (κ2) is 7.95. The van der Waals surface area contributed by atoms with E-state index in [9.17, 15) is 13.2 Å². The van der Waals surface area contributed by atoms with Crippen molar-refractivity contribution >= 4 is 15.7 Å². The summed E-state index contributed by atoms with van der Waals surface area (Å²) >= 11 is 0.